The maximum absolute atomic E-state index is 5.43. The van der Waals surface area contributed by atoms with Gasteiger partial charge < -0.3 is 10.6 Å². The second kappa shape index (κ2) is 4.81. The minimum atomic E-state index is 0.493. The second-order valence-electron chi connectivity index (χ2n) is 3.38. The van der Waals surface area contributed by atoms with Crippen molar-refractivity contribution in [2.75, 3.05) is 26.4 Å². The first-order valence-corrected chi connectivity index (χ1v) is 4.49. The molecule has 74 valence electrons. The molecule has 0 aromatic carbocycles. The zero-order chi connectivity index (χ0) is 9.68. The molecule has 13 heavy (non-hydrogen) atoms. The molecule has 5 nitrogen and oxygen atoms in total. The molecule has 0 spiro atoms. The quantitative estimate of drug-likeness (QED) is 0.663. The number of nitrogens with zero attached hydrogens (tertiary/aromatic N) is 4. The van der Waals surface area contributed by atoms with Crippen molar-refractivity contribution in [2.45, 2.75) is 19.4 Å². The van der Waals surface area contributed by atoms with Gasteiger partial charge in [-0.15, -0.1) is 5.10 Å². The van der Waals surface area contributed by atoms with E-state index in [0.717, 1.165) is 25.9 Å². The number of aryl methyl sites for hydroxylation is 1. The summed E-state index contributed by atoms with van der Waals surface area (Å²) in [5.41, 5.74) is 5.43. The van der Waals surface area contributed by atoms with Crippen molar-refractivity contribution in [3.63, 3.8) is 0 Å². The highest BCUT2D eigenvalue weighted by atomic mass is 15.5. The van der Waals surface area contributed by atoms with Crippen LogP contribution >= 0.6 is 0 Å². The number of hydrogen-bond acceptors (Lipinski definition) is 4. The number of aromatic nitrogens is 3. The van der Waals surface area contributed by atoms with Gasteiger partial charge in [0.15, 0.2) is 5.82 Å². The SMILES string of the molecule is CN(C)CCCCn1ncc(N)n1. The van der Waals surface area contributed by atoms with Gasteiger partial charge in [-0.3, -0.25) is 0 Å². The van der Waals surface area contributed by atoms with Crippen LogP contribution in [0.1, 0.15) is 12.8 Å². The molecule has 0 saturated heterocycles. The summed E-state index contributed by atoms with van der Waals surface area (Å²) in [6.07, 6.45) is 3.83. The molecule has 0 saturated carbocycles. The second-order valence-corrected chi connectivity index (χ2v) is 3.38. The Hall–Kier alpha value is -1.10. The van der Waals surface area contributed by atoms with Gasteiger partial charge in [-0.05, 0) is 33.5 Å². The maximum atomic E-state index is 5.43. The predicted octanol–water partition coefficient (Wildman–Crippen LogP) is 0.202. The molecule has 0 radical (unpaired) electrons. The lowest BCUT2D eigenvalue weighted by atomic mass is 10.3. The topological polar surface area (TPSA) is 60.0 Å². The Bertz CT molecular complexity index is 242. The van der Waals surface area contributed by atoms with E-state index in [1.54, 1.807) is 11.0 Å². The molecule has 0 aliphatic carbocycles. The smallest absolute Gasteiger partial charge is 0.165 e. The molecule has 1 aromatic rings. The third-order valence-corrected chi connectivity index (χ3v) is 1.77. The summed E-state index contributed by atoms with van der Waals surface area (Å²) in [6.45, 7) is 1.96. The number of rotatable bonds is 5. The highest BCUT2D eigenvalue weighted by Crippen LogP contribution is 1.96. The van der Waals surface area contributed by atoms with E-state index in [9.17, 15) is 0 Å². The van der Waals surface area contributed by atoms with Crippen LogP contribution in [0.25, 0.3) is 0 Å². The van der Waals surface area contributed by atoms with Gasteiger partial charge in [0.1, 0.15) is 0 Å². The molecule has 0 unspecified atom stereocenters. The van der Waals surface area contributed by atoms with Crippen LogP contribution in [0.4, 0.5) is 5.82 Å². The fraction of sp³-hybridized carbons (Fsp3) is 0.750. The summed E-state index contributed by atoms with van der Waals surface area (Å²) in [5, 5.41) is 8.00. The van der Waals surface area contributed by atoms with Gasteiger partial charge in [0.2, 0.25) is 0 Å². The van der Waals surface area contributed by atoms with Crippen LogP contribution in [-0.2, 0) is 6.54 Å². The van der Waals surface area contributed by atoms with Crippen LogP contribution in [0.2, 0.25) is 0 Å². The molecule has 0 amide bonds. The van der Waals surface area contributed by atoms with Gasteiger partial charge in [0.25, 0.3) is 0 Å². The fourth-order valence-electron chi connectivity index (χ4n) is 1.10. The normalized spacial score (nSPS) is 11.0. The number of anilines is 1. The molecule has 0 atom stereocenters. The van der Waals surface area contributed by atoms with Crippen LogP contribution in [0.5, 0.6) is 0 Å². The minimum Gasteiger partial charge on any atom is -0.381 e. The summed E-state index contributed by atoms with van der Waals surface area (Å²) in [7, 11) is 4.15. The standard InChI is InChI=1S/C8H17N5/c1-12(2)5-3-4-6-13-10-7-8(9)11-13/h7H,3-6H2,1-2H3,(H2,9,11). The Balaban J connectivity index is 2.13. The summed E-state index contributed by atoms with van der Waals surface area (Å²) >= 11 is 0. The Labute approximate surface area is 78.5 Å². The summed E-state index contributed by atoms with van der Waals surface area (Å²) in [5.74, 6) is 0.493. The van der Waals surface area contributed by atoms with Crippen molar-refractivity contribution in [3.8, 4) is 0 Å². The van der Waals surface area contributed by atoms with Crippen LogP contribution in [-0.4, -0.2) is 40.5 Å². The van der Waals surface area contributed by atoms with E-state index in [2.05, 4.69) is 29.2 Å². The lowest BCUT2D eigenvalue weighted by Gasteiger charge is -2.07. The van der Waals surface area contributed by atoms with E-state index in [4.69, 9.17) is 5.73 Å². The lowest BCUT2D eigenvalue weighted by Crippen LogP contribution is -2.14. The Morgan fingerprint density at radius 2 is 2.23 bits per heavy atom. The van der Waals surface area contributed by atoms with E-state index in [0.29, 0.717) is 5.82 Å². The van der Waals surface area contributed by atoms with Gasteiger partial charge >= 0.3 is 0 Å². The zero-order valence-corrected chi connectivity index (χ0v) is 8.27. The van der Waals surface area contributed by atoms with Gasteiger partial charge in [0.05, 0.1) is 12.7 Å². The van der Waals surface area contributed by atoms with Crippen molar-refractivity contribution in [1.29, 1.82) is 0 Å². The number of unbranched alkanes of at least 4 members (excludes halogenated alkanes) is 1. The van der Waals surface area contributed by atoms with Crippen molar-refractivity contribution in [2.24, 2.45) is 0 Å². The third kappa shape index (κ3) is 3.89. The van der Waals surface area contributed by atoms with Gasteiger partial charge in [-0.1, -0.05) is 0 Å². The van der Waals surface area contributed by atoms with Crippen LogP contribution in [0.3, 0.4) is 0 Å². The highest BCUT2D eigenvalue weighted by molar-refractivity contribution is 5.19. The molecular weight excluding hydrogens is 166 g/mol. The average molecular weight is 183 g/mol. The average Bonchev–Trinajstić information content (AvgIpc) is 2.45. The molecular formula is C8H17N5. The number of hydrogen-bond donors (Lipinski definition) is 1. The minimum absolute atomic E-state index is 0.493. The van der Waals surface area contributed by atoms with E-state index in [-0.39, 0.29) is 0 Å². The van der Waals surface area contributed by atoms with Gasteiger partial charge in [-0.2, -0.15) is 9.90 Å². The Morgan fingerprint density at radius 3 is 2.77 bits per heavy atom. The van der Waals surface area contributed by atoms with E-state index in [1.165, 1.54) is 0 Å². The molecule has 0 bridgehead atoms. The van der Waals surface area contributed by atoms with Crippen LogP contribution in [0, 0.1) is 0 Å². The lowest BCUT2D eigenvalue weighted by molar-refractivity contribution is 0.379. The molecule has 1 aromatic heterocycles. The monoisotopic (exact) mass is 183 g/mol. The summed E-state index contributed by atoms with van der Waals surface area (Å²) in [4.78, 5) is 3.82. The largest absolute Gasteiger partial charge is 0.381 e. The van der Waals surface area contributed by atoms with Crippen molar-refractivity contribution in [1.82, 2.24) is 19.9 Å². The zero-order valence-electron chi connectivity index (χ0n) is 8.27. The van der Waals surface area contributed by atoms with Crippen molar-refractivity contribution >= 4 is 5.82 Å². The maximum Gasteiger partial charge on any atom is 0.165 e. The first kappa shape index (κ1) is 9.98. The summed E-state index contributed by atoms with van der Waals surface area (Å²) in [6, 6.07) is 0. The van der Waals surface area contributed by atoms with Crippen molar-refractivity contribution in [3.05, 3.63) is 6.20 Å². The number of nitrogen functional groups attached to an aromatic ring is 1. The van der Waals surface area contributed by atoms with Crippen molar-refractivity contribution < 1.29 is 0 Å². The van der Waals surface area contributed by atoms with Gasteiger partial charge in [0, 0.05) is 0 Å². The molecule has 1 rings (SSSR count). The molecule has 0 aliphatic rings. The molecule has 1 heterocycles. The molecule has 0 aliphatic heterocycles. The van der Waals surface area contributed by atoms with Crippen LogP contribution < -0.4 is 5.73 Å². The van der Waals surface area contributed by atoms with Gasteiger partial charge in [-0.25, -0.2) is 0 Å². The molecule has 0 fully saturated rings. The Morgan fingerprint density at radius 1 is 1.46 bits per heavy atom. The highest BCUT2D eigenvalue weighted by Gasteiger charge is 1.96. The van der Waals surface area contributed by atoms with E-state index >= 15 is 0 Å². The predicted molar refractivity (Wildman–Crippen MR) is 52.2 cm³/mol. The third-order valence-electron chi connectivity index (χ3n) is 1.77. The van der Waals surface area contributed by atoms with Crippen LogP contribution in [0.15, 0.2) is 6.20 Å². The van der Waals surface area contributed by atoms with E-state index in [1.807, 2.05) is 0 Å². The first-order valence-electron chi connectivity index (χ1n) is 4.49. The van der Waals surface area contributed by atoms with E-state index < -0.39 is 0 Å². The molecule has 2 N–H and O–H groups in total. The Kier molecular flexibility index (Phi) is 3.70. The molecule has 5 heteroatoms. The fourth-order valence-corrected chi connectivity index (χ4v) is 1.10. The first-order chi connectivity index (χ1) is 6.18. The number of nitrogens with two attached hydrogens (primary N) is 1. The summed E-state index contributed by atoms with van der Waals surface area (Å²) < 4.78 is 0.